The number of rotatable bonds is 3. The van der Waals surface area contributed by atoms with E-state index in [1.165, 1.54) is 0 Å². The van der Waals surface area contributed by atoms with Gasteiger partial charge in [-0.15, -0.1) is 0 Å². The molecule has 0 saturated carbocycles. The van der Waals surface area contributed by atoms with Crippen LogP contribution in [0.3, 0.4) is 0 Å². The lowest BCUT2D eigenvalue weighted by atomic mass is 9.79. The molecule has 124 valence electrons. The molecule has 0 aromatic heterocycles. The summed E-state index contributed by atoms with van der Waals surface area (Å²) in [7, 11) is 0.952. The molecule has 0 bridgehead atoms. The van der Waals surface area contributed by atoms with E-state index in [4.69, 9.17) is 5.73 Å². The smallest absolute Gasteiger partial charge is 0.196 e. The van der Waals surface area contributed by atoms with Crippen LogP contribution in [0.15, 0.2) is 70.7 Å². The van der Waals surface area contributed by atoms with Gasteiger partial charge < -0.3 is 10.6 Å². The van der Waals surface area contributed by atoms with Crippen molar-refractivity contribution in [3.05, 3.63) is 71.9 Å². The molecule has 0 aliphatic carbocycles. The summed E-state index contributed by atoms with van der Waals surface area (Å²) in [5, 5.41) is 0. The lowest BCUT2D eigenvalue weighted by molar-refractivity contribution is 0.305. The van der Waals surface area contributed by atoms with Gasteiger partial charge in [0.2, 0.25) is 0 Å². The first-order valence-corrected chi connectivity index (χ1v) is 9.27. The van der Waals surface area contributed by atoms with E-state index in [9.17, 15) is 4.21 Å². The minimum absolute atomic E-state index is 0.457. The molecule has 5 heteroatoms. The Morgan fingerprint density at radius 1 is 1.08 bits per heavy atom. The zero-order chi connectivity index (χ0) is 17.3. The van der Waals surface area contributed by atoms with Crippen LogP contribution in [0, 0.1) is 0 Å². The second kappa shape index (κ2) is 6.24. The quantitative estimate of drug-likeness (QED) is 0.935. The van der Waals surface area contributed by atoms with Crippen LogP contribution in [-0.2, 0) is 16.3 Å². The molecule has 2 aromatic rings. The fourth-order valence-electron chi connectivity index (χ4n) is 3.05. The zero-order valence-corrected chi connectivity index (χ0v) is 14.9. The molecule has 0 fully saturated rings. The van der Waals surface area contributed by atoms with Crippen molar-refractivity contribution in [2.45, 2.75) is 17.4 Å². The van der Waals surface area contributed by atoms with E-state index in [2.05, 4.69) is 24.0 Å². The van der Waals surface area contributed by atoms with Gasteiger partial charge in [-0.1, -0.05) is 42.5 Å². The van der Waals surface area contributed by atoms with Gasteiger partial charge in [-0.25, -0.2) is 4.99 Å². The first-order valence-electron chi connectivity index (χ1n) is 7.71. The van der Waals surface area contributed by atoms with Crippen LogP contribution in [-0.4, -0.2) is 28.4 Å². The Morgan fingerprint density at radius 3 is 2.29 bits per heavy atom. The van der Waals surface area contributed by atoms with Gasteiger partial charge in [0, 0.05) is 40.8 Å². The number of hydrogen-bond acceptors (Lipinski definition) is 4. The first kappa shape index (κ1) is 16.5. The molecule has 2 unspecified atom stereocenters. The van der Waals surface area contributed by atoms with Gasteiger partial charge in [0.15, 0.2) is 5.96 Å². The number of nitrogens with zero attached hydrogens (tertiary/aromatic N) is 2. The molecule has 0 spiro atoms. The third-order valence-electron chi connectivity index (χ3n) is 4.70. The normalized spacial score (nSPS) is 21.9. The van der Waals surface area contributed by atoms with Crippen LogP contribution >= 0.6 is 0 Å². The standard InChI is InChI=1S/C19H21N3OS/c1-19(15-9-11-16(12-10-15)24(3)23)17(13-21-18(20)22(19)2)14-7-5-4-6-8-14/h4-13H,1-3H3,(H2,20,21). The van der Waals surface area contributed by atoms with Crippen molar-refractivity contribution in [2.75, 3.05) is 13.3 Å². The van der Waals surface area contributed by atoms with E-state index >= 15 is 0 Å². The Labute approximate surface area is 145 Å². The van der Waals surface area contributed by atoms with Crippen LogP contribution in [0.4, 0.5) is 0 Å². The van der Waals surface area contributed by atoms with Crippen molar-refractivity contribution in [1.82, 2.24) is 4.90 Å². The Balaban J connectivity index is 2.15. The second-order valence-corrected chi connectivity index (χ2v) is 7.39. The zero-order valence-electron chi connectivity index (χ0n) is 14.1. The summed E-state index contributed by atoms with van der Waals surface area (Å²) < 4.78 is 11.7. The van der Waals surface area contributed by atoms with Gasteiger partial charge in [0.25, 0.3) is 0 Å². The number of guanidine groups is 1. The lowest BCUT2D eigenvalue weighted by Gasteiger charge is -2.44. The van der Waals surface area contributed by atoms with E-state index in [1.807, 2.05) is 60.6 Å². The first-order chi connectivity index (χ1) is 11.4. The fourth-order valence-corrected chi connectivity index (χ4v) is 3.57. The molecule has 1 aliphatic heterocycles. The van der Waals surface area contributed by atoms with Gasteiger partial charge in [-0.05, 0) is 30.2 Å². The van der Waals surface area contributed by atoms with Gasteiger partial charge in [-0.3, -0.25) is 4.21 Å². The largest absolute Gasteiger partial charge is 0.369 e. The summed E-state index contributed by atoms with van der Waals surface area (Å²) in [6.45, 7) is 2.13. The molecule has 2 atom stereocenters. The second-order valence-electron chi connectivity index (χ2n) is 6.01. The molecule has 1 aliphatic rings. The van der Waals surface area contributed by atoms with Crippen LogP contribution in [0.2, 0.25) is 0 Å². The van der Waals surface area contributed by atoms with Crippen LogP contribution in [0.1, 0.15) is 18.1 Å². The molecule has 0 amide bonds. The van der Waals surface area contributed by atoms with E-state index in [0.29, 0.717) is 5.96 Å². The van der Waals surface area contributed by atoms with Gasteiger partial charge in [0.1, 0.15) is 0 Å². The highest BCUT2D eigenvalue weighted by Gasteiger charge is 2.39. The molecule has 24 heavy (non-hydrogen) atoms. The van der Waals surface area contributed by atoms with Crippen molar-refractivity contribution in [3.8, 4) is 0 Å². The summed E-state index contributed by atoms with van der Waals surface area (Å²) in [4.78, 5) is 7.14. The number of aliphatic imine (C=N–C) groups is 1. The van der Waals surface area contributed by atoms with E-state index in [1.54, 1.807) is 6.26 Å². The molecular formula is C19H21N3OS. The fraction of sp³-hybridized carbons (Fsp3) is 0.211. The van der Waals surface area contributed by atoms with Crippen LogP contribution in [0.25, 0.3) is 5.57 Å². The molecule has 0 saturated heterocycles. The molecule has 1 heterocycles. The third kappa shape index (κ3) is 2.65. The molecule has 0 radical (unpaired) electrons. The average Bonchev–Trinajstić information content (AvgIpc) is 2.60. The van der Waals surface area contributed by atoms with E-state index in [0.717, 1.165) is 21.6 Å². The van der Waals surface area contributed by atoms with E-state index < -0.39 is 16.3 Å². The Kier molecular flexibility index (Phi) is 4.28. The van der Waals surface area contributed by atoms with Crippen molar-refractivity contribution < 1.29 is 4.21 Å². The minimum atomic E-state index is -0.993. The summed E-state index contributed by atoms with van der Waals surface area (Å²) >= 11 is 0. The lowest BCUT2D eigenvalue weighted by Crippen LogP contribution is -2.50. The van der Waals surface area contributed by atoms with Gasteiger partial charge in [0.05, 0.1) is 5.54 Å². The predicted octanol–water partition coefficient (Wildman–Crippen LogP) is 2.94. The predicted molar refractivity (Wildman–Crippen MR) is 99.9 cm³/mol. The maximum absolute atomic E-state index is 11.7. The third-order valence-corrected chi connectivity index (χ3v) is 5.63. The SMILES string of the molecule is CN1C(N)=NC=C(c2ccccc2)C1(C)c1ccc(S(C)=O)cc1. The Hall–Kier alpha value is -2.40. The topological polar surface area (TPSA) is 58.7 Å². The number of likely N-dealkylation sites (N-methyl/N-ethyl adjacent to an activating group) is 1. The highest BCUT2D eigenvalue weighted by Crippen LogP contribution is 2.42. The summed E-state index contributed by atoms with van der Waals surface area (Å²) in [6, 6.07) is 18.0. The highest BCUT2D eigenvalue weighted by atomic mass is 32.2. The molecule has 3 rings (SSSR count). The van der Waals surface area contributed by atoms with Crippen molar-refractivity contribution in [1.29, 1.82) is 0 Å². The minimum Gasteiger partial charge on any atom is -0.369 e. The molecular weight excluding hydrogens is 318 g/mol. The van der Waals surface area contributed by atoms with Gasteiger partial charge in [-0.2, -0.15) is 0 Å². The van der Waals surface area contributed by atoms with Crippen LogP contribution < -0.4 is 5.73 Å². The maximum atomic E-state index is 11.7. The maximum Gasteiger partial charge on any atom is 0.196 e. The highest BCUT2D eigenvalue weighted by molar-refractivity contribution is 7.84. The van der Waals surface area contributed by atoms with Gasteiger partial charge >= 0.3 is 0 Å². The van der Waals surface area contributed by atoms with Crippen molar-refractivity contribution in [3.63, 3.8) is 0 Å². The van der Waals surface area contributed by atoms with Crippen molar-refractivity contribution >= 4 is 22.3 Å². The monoisotopic (exact) mass is 339 g/mol. The number of benzene rings is 2. The summed E-state index contributed by atoms with van der Waals surface area (Å²) in [6.07, 6.45) is 3.53. The average molecular weight is 339 g/mol. The van der Waals surface area contributed by atoms with Crippen LogP contribution in [0.5, 0.6) is 0 Å². The molecule has 2 aromatic carbocycles. The Bertz CT molecular complexity index is 827. The van der Waals surface area contributed by atoms with Crippen molar-refractivity contribution in [2.24, 2.45) is 10.7 Å². The van der Waals surface area contributed by atoms with E-state index in [-0.39, 0.29) is 0 Å². The summed E-state index contributed by atoms with van der Waals surface area (Å²) in [5.74, 6) is 0.473. The number of hydrogen-bond donors (Lipinski definition) is 1. The number of nitrogens with two attached hydrogens (primary N) is 1. The Morgan fingerprint density at radius 2 is 1.71 bits per heavy atom. The molecule has 2 N–H and O–H groups in total. The molecule has 4 nitrogen and oxygen atoms in total. The summed E-state index contributed by atoms with van der Waals surface area (Å²) in [5.41, 5.74) is 8.89.